The molecular weight excluding hydrogens is 430 g/mol. The molecule has 2 saturated heterocycles. The first-order chi connectivity index (χ1) is 14.7. The van der Waals surface area contributed by atoms with E-state index in [0.29, 0.717) is 35.7 Å². The molecule has 0 aliphatic carbocycles. The monoisotopic (exact) mass is 450 g/mol. The number of halogens is 1. The maximum Gasteiger partial charge on any atom is 0.469 e. The fourth-order valence-electron chi connectivity index (χ4n) is 3.42. The van der Waals surface area contributed by atoms with Gasteiger partial charge in [0.25, 0.3) is 0 Å². The number of benzene rings is 1. The van der Waals surface area contributed by atoms with Gasteiger partial charge in [-0.15, -0.1) is 0 Å². The Labute approximate surface area is 177 Å². The molecule has 0 radical (unpaired) electrons. The second kappa shape index (κ2) is 8.27. The predicted molar refractivity (Wildman–Crippen MR) is 110 cm³/mol. The Morgan fingerprint density at radius 3 is 2.74 bits per heavy atom. The number of carbonyl (C=O) groups is 1. The number of aromatic nitrogens is 1. The molecule has 0 saturated carbocycles. The number of nitrogens with zero attached hydrogens (tertiary/aromatic N) is 3. The molecule has 2 aliphatic rings. The Balaban J connectivity index is 1.47. The van der Waals surface area contributed by atoms with Gasteiger partial charge in [0.1, 0.15) is 17.7 Å². The van der Waals surface area contributed by atoms with E-state index in [1.807, 2.05) is 0 Å². The van der Waals surface area contributed by atoms with Crippen LogP contribution < -0.4 is 15.1 Å². The summed E-state index contributed by atoms with van der Waals surface area (Å²) >= 11 is 0. The summed E-state index contributed by atoms with van der Waals surface area (Å²) in [7, 11) is -4.61. The van der Waals surface area contributed by atoms with Gasteiger partial charge < -0.3 is 24.7 Å². The number of nitrogens with one attached hydrogen (secondary N) is 1. The molecule has 1 atom stereocenters. The first-order valence-electron chi connectivity index (χ1n) is 9.36. The van der Waals surface area contributed by atoms with Crippen molar-refractivity contribution in [1.29, 1.82) is 0 Å². The lowest BCUT2D eigenvalue weighted by atomic mass is 10.1. The van der Waals surface area contributed by atoms with Crippen molar-refractivity contribution in [3.63, 3.8) is 0 Å². The number of urea groups is 1. The van der Waals surface area contributed by atoms with Crippen LogP contribution in [0, 0.1) is 5.82 Å². The van der Waals surface area contributed by atoms with Crippen molar-refractivity contribution in [3.05, 3.63) is 54.8 Å². The van der Waals surface area contributed by atoms with Crippen LogP contribution in [0.15, 0.2) is 49.0 Å². The molecule has 0 spiro atoms. The lowest BCUT2D eigenvalue weighted by Crippen LogP contribution is -2.28. The van der Waals surface area contributed by atoms with Crippen molar-refractivity contribution in [3.8, 4) is 11.1 Å². The number of hydrogen-bond donors (Lipinski definition) is 3. The first kappa shape index (κ1) is 21.3. The van der Waals surface area contributed by atoms with Gasteiger partial charge in [-0.1, -0.05) is 0 Å². The number of hydrogen-bond acceptors (Lipinski definition) is 6. The number of pyridine rings is 1. The van der Waals surface area contributed by atoms with Crippen molar-refractivity contribution in [2.75, 3.05) is 36.0 Å². The van der Waals surface area contributed by atoms with E-state index in [4.69, 9.17) is 14.5 Å². The summed E-state index contributed by atoms with van der Waals surface area (Å²) in [5.41, 5.74) is 1.36. The summed E-state index contributed by atoms with van der Waals surface area (Å²) in [5.74, 6) is 0.222. The van der Waals surface area contributed by atoms with E-state index in [1.165, 1.54) is 17.2 Å². The molecule has 2 aromatic rings. The SMILES string of the molecule is C=C1O[C@@H](COP(=O)(O)O)CN1c1ccc(-c2ccc(N3CCNC3=O)nc2)c(F)c1. The van der Waals surface area contributed by atoms with E-state index >= 15 is 0 Å². The largest absolute Gasteiger partial charge is 0.472 e. The Kier molecular flexibility index (Phi) is 5.67. The molecule has 12 heteroatoms. The van der Waals surface area contributed by atoms with Gasteiger partial charge in [-0.25, -0.2) is 18.7 Å². The van der Waals surface area contributed by atoms with Crippen LogP contribution in [-0.4, -0.2) is 53.1 Å². The van der Waals surface area contributed by atoms with Crippen LogP contribution in [0.1, 0.15) is 0 Å². The summed E-state index contributed by atoms with van der Waals surface area (Å²) in [5, 5.41) is 2.70. The van der Waals surface area contributed by atoms with E-state index in [0.717, 1.165) is 0 Å². The molecule has 31 heavy (non-hydrogen) atoms. The minimum absolute atomic E-state index is 0.200. The number of ether oxygens (including phenoxy) is 1. The number of carbonyl (C=O) groups excluding carboxylic acids is 1. The van der Waals surface area contributed by atoms with E-state index in [2.05, 4.69) is 21.4 Å². The molecule has 0 unspecified atom stereocenters. The van der Waals surface area contributed by atoms with Crippen LogP contribution in [0.5, 0.6) is 0 Å². The van der Waals surface area contributed by atoms with Crippen molar-refractivity contribution >= 4 is 25.4 Å². The number of anilines is 2. The van der Waals surface area contributed by atoms with Crippen LogP contribution >= 0.6 is 7.82 Å². The molecule has 10 nitrogen and oxygen atoms in total. The number of phosphoric ester groups is 1. The molecule has 2 amide bonds. The van der Waals surface area contributed by atoms with Gasteiger partial charge in [-0.05, 0) is 36.9 Å². The van der Waals surface area contributed by atoms with Crippen molar-refractivity contribution in [2.45, 2.75) is 6.10 Å². The minimum atomic E-state index is -4.61. The van der Waals surface area contributed by atoms with Crippen molar-refractivity contribution in [1.82, 2.24) is 10.3 Å². The van der Waals surface area contributed by atoms with Gasteiger partial charge in [0, 0.05) is 36.1 Å². The molecule has 0 bridgehead atoms. The molecule has 2 aliphatic heterocycles. The number of phosphoric acid groups is 1. The van der Waals surface area contributed by atoms with E-state index in [1.54, 1.807) is 29.2 Å². The Morgan fingerprint density at radius 2 is 2.13 bits per heavy atom. The molecule has 1 aromatic heterocycles. The smallest absolute Gasteiger partial charge is 0.469 e. The normalized spacial score (nSPS) is 19.0. The quantitative estimate of drug-likeness (QED) is 0.573. The lowest BCUT2D eigenvalue weighted by molar-refractivity contribution is 0.0888. The van der Waals surface area contributed by atoms with Crippen LogP contribution in [0.25, 0.3) is 11.1 Å². The molecule has 3 N–H and O–H groups in total. The minimum Gasteiger partial charge on any atom is -0.472 e. The molecular formula is C19H20FN4O6P. The third-order valence-electron chi connectivity index (χ3n) is 4.88. The summed E-state index contributed by atoms with van der Waals surface area (Å²) < 4.78 is 35.6. The highest BCUT2D eigenvalue weighted by Gasteiger charge is 2.30. The fourth-order valence-corrected chi connectivity index (χ4v) is 3.78. The highest BCUT2D eigenvalue weighted by Crippen LogP contribution is 2.37. The van der Waals surface area contributed by atoms with Crippen molar-refractivity contribution < 1.29 is 32.8 Å². The van der Waals surface area contributed by atoms with Crippen molar-refractivity contribution in [2.24, 2.45) is 0 Å². The zero-order valence-corrected chi connectivity index (χ0v) is 17.2. The highest BCUT2D eigenvalue weighted by molar-refractivity contribution is 7.46. The first-order valence-corrected chi connectivity index (χ1v) is 10.9. The third-order valence-corrected chi connectivity index (χ3v) is 5.36. The zero-order chi connectivity index (χ0) is 22.2. The van der Waals surface area contributed by atoms with Gasteiger partial charge in [-0.2, -0.15) is 0 Å². The second-order valence-corrected chi connectivity index (χ2v) is 8.22. The highest BCUT2D eigenvalue weighted by atomic mass is 31.2. The number of rotatable bonds is 6. The molecule has 2 fully saturated rings. The van der Waals surface area contributed by atoms with Gasteiger partial charge >= 0.3 is 13.9 Å². The maximum atomic E-state index is 14.9. The topological polar surface area (TPSA) is 124 Å². The summed E-state index contributed by atoms with van der Waals surface area (Å²) in [6.07, 6.45) is 0.856. The lowest BCUT2D eigenvalue weighted by Gasteiger charge is -2.17. The average molecular weight is 450 g/mol. The fraction of sp³-hybridized carbons (Fsp3) is 0.263. The van der Waals surface area contributed by atoms with Gasteiger partial charge in [0.05, 0.1) is 13.2 Å². The van der Waals surface area contributed by atoms with Crippen LogP contribution in [0.2, 0.25) is 0 Å². The van der Waals surface area contributed by atoms with Gasteiger partial charge in [0.2, 0.25) is 0 Å². The Morgan fingerprint density at radius 1 is 1.32 bits per heavy atom. The molecule has 164 valence electrons. The second-order valence-electron chi connectivity index (χ2n) is 6.98. The van der Waals surface area contributed by atoms with Gasteiger partial charge in [-0.3, -0.25) is 9.42 Å². The van der Waals surface area contributed by atoms with E-state index in [9.17, 15) is 13.8 Å². The standard InChI is InChI=1S/C19H20FN4O6P/c1-12-24(10-15(30-12)11-29-31(26,27)28)14-3-4-16(17(20)8-14)13-2-5-18(22-9-13)23-7-6-21-19(23)25/h2-5,8-9,15H,1,6-7,10-11H2,(H,21,25)(H2,26,27,28)/t15-/m1/s1. The average Bonchev–Trinajstić information content (AvgIpc) is 3.31. The summed E-state index contributed by atoms with van der Waals surface area (Å²) in [6.45, 7) is 4.70. The Bertz CT molecular complexity index is 1060. The maximum absolute atomic E-state index is 14.9. The predicted octanol–water partition coefficient (Wildman–Crippen LogP) is 2.20. The molecule has 1 aromatic carbocycles. The van der Waals surface area contributed by atoms with Gasteiger partial charge in [0.15, 0.2) is 5.88 Å². The van der Waals surface area contributed by atoms with Crippen LogP contribution in [-0.2, 0) is 13.8 Å². The van der Waals surface area contributed by atoms with E-state index in [-0.39, 0.29) is 25.1 Å². The van der Waals surface area contributed by atoms with E-state index < -0.39 is 19.7 Å². The van der Waals surface area contributed by atoms with Crippen LogP contribution in [0.4, 0.5) is 20.7 Å². The number of amides is 2. The summed E-state index contributed by atoms with van der Waals surface area (Å²) in [4.78, 5) is 36.7. The third kappa shape index (κ3) is 4.70. The zero-order valence-electron chi connectivity index (χ0n) is 16.3. The molecule has 4 rings (SSSR count). The summed E-state index contributed by atoms with van der Waals surface area (Å²) in [6, 6.07) is 7.73. The van der Waals surface area contributed by atoms with Crippen LogP contribution in [0.3, 0.4) is 0 Å². The molecule has 3 heterocycles. The Hall–Kier alpha value is -2.98.